The highest BCUT2D eigenvalue weighted by Gasteiger charge is 2.13. The Bertz CT molecular complexity index is 634. The first-order valence-electron chi connectivity index (χ1n) is 7.72. The van der Waals surface area contributed by atoms with Gasteiger partial charge in [-0.05, 0) is 18.6 Å². The van der Waals surface area contributed by atoms with Crippen LogP contribution in [0.3, 0.4) is 0 Å². The molecule has 0 aliphatic heterocycles. The van der Waals surface area contributed by atoms with Crippen LogP contribution < -0.4 is 14.8 Å². The fraction of sp³-hybridized carbons (Fsp3) is 0.471. The Morgan fingerprint density at radius 3 is 2.64 bits per heavy atom. The van der Waals surface area contributed by atoms with Gasteiger partial charge in [-0.2, -0.15) is 0 Å². The molecule has 0 saturated carbocycles. The lowest BCUT2D eigenvalue weighted by molar-refractivity contribution is 0.0949. The Kier molecular flexibility index (Phi) is 5.69. The van der Waals surface area contributed by atoms with Crippen LogP contribution in [0, 0.1) is 0 Å². The summed E-state index contributed by atoms with van der Waals surface area (Å²) in [4.78, 5) is 15.3. The van der Waals surface area contributed by atoms with Crippen molar-refractivity contribution in [1.82, 2.24) is 10.3 Å². The van der Waals surface area contributed by atoms with Crippen molar-refractivity contribution in [3.8, 4) is 11.5 Å². The summed E-state index contributed by atoms with van der Waals surface area (Å²) in [6, 6.07) is 5.50. The van der Waals surface area contributed by atoms with Gasteiger partial charge in [0.2, 0.25) is 0 Å². The number of nitrogens with one attached hydrogen (secondary N) is 2. The number of hydrogen-bond donors (Lipinski definition) is 2. The number of benzene rings is 1. The molecule has 1 aromatic heterocycles. The normalized spacial score (nSPS) is 10.7. The Morgan fingerprint density at radius 1 is 1.14 bits per heavy atom. The number of rotatable bonds is 8. The molecule has 0 unspecified atom stereocenters. The highest BCUT2D eigenvalue weighted by molar-refractivity contribution is 5.99. The topological polar surface area (TPSA) is 63.4 Å². The minimum Gasteiger partial charge on any atom is -0.497 e. The lowest BCUT2D eigenvalue weighted by Crippen LogP contribution is -2.24. The van der Waals surface area contributed by atoms with Crippen LogP contribution in [0.15, 0.2) is 18.2 Å². The Hall–Kier alpha value is -2.17. The van der Waals surface area contributed by atoms with Crippen molar-refractivity contribution >= 4 is 16.8 Å². The number of fused-ring (bicyclic) bond motifs is 1. The standard InChI is InChI=1S/C17H24N2O3/c1-4-5-6-7-8-18-17(20)14-10-12-9-13(21-2)11-15(22-3)16(12)19-14/h9-11,19H,4-8H2,1-3H3,(H,18,20). The van der Waals surface area contributed by atoms with Crippen molar-refractivity contribution in [3.05, 3.63) is 23.9 Å². The van der Waals surface area contributed by atoms with Crippen molar-refractivity contribution in [3.63, 3.8) is 0 Å². The summed E-state index contributed by atoms with van der Waals surface area (Å²) in [5, 5.41) is 3.84. The zero-order chi connectivity index (χ0) is 15.9. The maximum Gasteiger partial charge on any atom is 0.267 e. The minimum absolute atomic E-state index is 0.0891. The van der Waals surface area contributed by atoms with Gasteiger partial charge in [-0.1, -0.05) is 26.2 Å². The van der Waals surface area contributed by atoms with E-state index in [1.165, 1.54) is 12.8 Å². The number of hydrogen-bond acceptors (Lipinski definition) is 3. The van der Waals surface area contributed by atoms with E-state index < -0.39 is 0 Å². The molecule has 2 aromatic rings. The van der Waals surface area contributed by atoms with Gasteiger partial charge in [0.05, 0.1) is 19.7 Å². The van der Waals surface area contributed by atoms with E-state index in [1.807, 2.05) is 12.1 Å². The molecule has 5 heteroatoms. The maximum absolute atomic E-state index is 12.2. The molecular formula is C17H24N2O3. The van der Waals surface area contributed by atoms with Crippen molar-refractivity contribution in [2.75, 3.05) is 20.8 Å². The van der Waals surface area contributed by atoms with Gasteiger partial charge in [0.1, 0.15) is 17.2 Å². The van der Waals surface area contributed by atoms with E-state index >= 15 is 0 Å². The Balaban J connectivity index is 2.10. The van der Waals surface area contributed by atoms with Crippen molar-refractivity contribution in [2.45, 2.75) is 32.6 Å². The van der Waals surface area contributed by atoms with Gasteiger partial charge >= 0.3 is 0 Å². The molecule has 0 aliphatic carbocycles. The quantitative estimate of drug-likeness (QED) is 0.734. The molecule has 22 heavy (non-hydrogen) atoms. The number of aromatic nitrogens is 1. The monoisotopic (exact) mass is 304 g/mol. The second kappa shape index (κ2) is 7.73. The van der Waals surface area contributed by atoms with E-state index in [0.29, 0.717) is 23.7 Å². The van der Waals surface area contributed by atoms with Crippen LogP contribution in [0.5, 0.6) is 11.5 Å². The van der Waals surface area contributed by atoms with E-state index in [2.05, 4.69) is 17.2 Å². The molecule has 0 spiro atoms. The van der Waals surface area contributed by atoms with Crippen molar-refractivity contribution in [1.29, 1.82) is 0 Å². The highest BCUT2D eigenvalue weighted by atomic mass is 16.5. The molecule has 2 rings (SSSR count). The molecule has 0 aliphatic rings. The van der Waals surface area contributed by atoms with Gasteiger partial charge in [-0.25, -0.2) is 0 Å². The third-order valence-electron chi connectivity index (χ3n) is 3.68. The van der Waals surface area contributed by atoms with Crippen LogP contribution >= 0.6 is 0 Å². The first kappa shape index (κ1) is 16.2. The van der Waals surface area contributed by atoms with Gasteiger partial charge < -0.3 is 19.8 Å². The molecule has 120 valence electrons. The van der Waals surface area contributed by atoms with Crippen LogP contribution in [0.2, 0.25) is 0 Å². The zero-order valence-corrected chi connectivity index (χ0v) is 13.5. The third-order valence-corrected chi connectivity index (χ3v) is 3.68. The first-order chi connectivity index (χ1) is 10.7. The van der Waals surface area contributed by atoms with Crippen LogP contribution in [-0.4, -0.2) is 31.7 Å². The number of carbonyl (C=O) groups excluding carboxylic acids is 1. The predicted molar refractivity (Wildman–Crippen MR) is 87.9 cm³/mol. The number of unbranched alkanes of at least 4 members (excludes halogenated alkanes) is 3. The molecule has 0 radical (unpaired) electrons. The summed E-state index contributed by atoms with van der Waals surface area (Å²) in [5.41, 5.74) is 1.34. The predicted octanol–water partition coefficient (Wildman–Crippen LogP) is 3.50. The van der Waals surface area contributed by atoms with Crippen LogP contribution in [0.4, 0.5) is 0 Å². The van der Waals surface area contributed by atoms with Gasteiger partial charge in [0, 0.05) is 18.0 Å². The Morgan fingerprint density at radius 2 is 1.95 bits per heavy atom. The lowest BCUT2D eigenvalue weighted by Gasteiger charge is -2.05. The SMILES string of the molecule is CCCCCCNC(=O)c1cc2cc(OC)cc(OC)c2[nH]1. The van der Waals surface area contributed by atoms with Crippen molar-refractivity contribution in [2.24, 2.45) is 0 Å². The summed E-state index contributed by atoms with van der Waals surface area (Å²) < 4.78 is 10.6. The fourth-order valence-electron chi connectivity index (χ4n) is 2.43. The molecule has 0 saturated heterocycles. The molecule has 2 N–H and O–H groups in total. The molecule has 0 atom stereocenters. The number of methoxy groups -OCH3 is 2. The van der Waals surface area contributed by atoms with Crippen LogP contribution in [0.25, 0.3) is 10.9 Å². The van der Waals surface area contributed by atoms with Gasteiger partial charge in [-0.15, -0.1) is 0 Å². The van der Waals surface area contributed by atoms with Gasteiger partial charge in [0.25, 0.3) is 5.91 Å². The maximum atomic E-state index is 12.2. The number of aromatic amines is 1. The van der Waals surface area contributed by atoms with E-state index in [1.54, 1.807) is 20.3 Å². The highest BCUT2D eigenvalue weighted by Crippen LogP contribution is 2.31. The van der Waals surface area contributed by atoms with Crippen LogP contribution in [-0.2, 0) is 0 Å². The molecule has 0 bridgehead atoms. The number of carbonyl (C=O) groups is 1. The largest absolute Gasteiger partial charge is 0.497 e. The summed E-state index contributed by atoms with van der Waals surface area (Å²) in [6.07, 6.45) is 4.56. The van der Waals surface area contributed by atoms with Crippen LogP contribution in [0.1, 0.15) is 43.1 Å². The first-order valence-corrected chi connectivity index (χ1v) is 7.72. The molecule has 1 aromatic carbocycles. The van der Waals surface area contributed by atoms with E-state index in [-0.39, 0.29) is 5.91 Å². The summed E-state index contributed by atoms with van der Waals surface area (Å²) in [7, 11) is 3.21. The number of ether oxygens (including phenoxy) is 2. The molecule has 1 amide bonds. The molecule has 0 fully saturated rings. The summed E-state index contributed by atoms with van der Waals surface area (Å²) in [5.74, 6) is 1.28. The van der Waals surface area contributed by atoms with Crippen molar-refractivity contribution < 1.29 is 14.3 Å². The molecule has 5 nitrogen and oxygen atoms in total. The minimum atomic E-state index is -0.0891. The molecule has 1 heterocycles. The van der Waals surface area contributed by atoms with Gasteiger partial charge in [-0.3, -0.25) is 4.79 Å². The Labute approximate surface area is 131 Å². The van der Waals surface area contributed by atoms with E-state index in [4.69, 9.17) is 9.47 Å². The zero-order valence-electron chi connectivity index (χ0n) is 13.5. The second-order valence-corrected chi connectivity index (χ2v) is 5.29. The molecular weight excluding hydrogens is 280 g/mol. The van der Waals surface area contributed by atoms with E-state index in [0.717, 1.165) is 23.7 Å². The lowest BCUT2D eigenvalue weighted by atomic mass is 10.2. The van der Waals surface area contributed by atoms with Gasteiger partial charge in [0.15, 0.2) is 0 Å². The van der Waals surface area contributed by atoms with E-state index in [9.17, 15) is 4.79 Å². The average molecular weight is 304 g/mol. The third kappa shape index (κ3) is 3.72. The summed E-state index contributed by atoms with van der Waals surface area (Å²) >= 11 is 0. The number of amides is 1. The number of H-pyrrole nitrogens is 1. The second-order valence-electron chi connectivity index (χ2n) is 5.29. The fourth-order valence-corrected chi connectivity index (χ4v) is 2.43. The smallest absolute Gasteiger partial charge is 0.267 e. The summed E-state index contributed by atoms with van der Waals surface area (Å²) in [6.45, 7) is 2.87. The average Bonchev–Trinajstić information content (AvgIpc) is 2.97.